The van der Waals surface area contributed by atoms with Gasteiger partial charge in [-0.2, -0.15) is 5.10 Å². The molecule has 0 aliphatic carbocycles. The first kappa shape index (κ1) is 15.9. The minimum atomic E-state index is -0.632. The summed E-state index contributed by atoms with van der Waals surface area (Å²) in [5, 5.41) is 4.83. The molecule has 0 saturated heterocycles. The highest BCUT2D eigenvalue weighted by Gasteiger charge is 2.38. The van der Waals surface area contributed by atoms with Crippen LogP contribution in [0.2, 0.25) is 0 Å². The number of rotatable bonds is 4. The van der Waals surface area contributed by atoms with Crippen LogP contribution >= 0.6 is 0 Å². The summed E-state index contributed by atoms with van der Waals surface area (Å²) in [6.07, 6.45) is 0.494. The van der Waals surface area contributed by atoms with Crippen molar-refractivity contribution in [1.29, 1.82) is 0 Å². The van der Waals surface area contributed by atoms with Crippen molar-refractivity contribution in [1.82, 2.24) is 14.8 Å². The number of nitrogens with zero attached hydrogens (tertiary/aromatic N) is 3. The molecule has 0 unspecified atom stereocenters. The van der Waals surface area contributed by atoms with Crippen molar-refractivity contribution in [3.8, 4) is 0 Å². The molecule has 0 fully saturated rings. The highest BCUT2D eigenvalue weighted by atomic mass is 16.7. The molecule has 2 amide bonds. The van der Waals surface area contributed by atoms with Crippen molar-refractivity contribution < 1.29 is 19.2 Å². The van der Waals surface area contributed by atoms with Crippen molar-refractivity contribution in [2.24, 2.45) is 7.05 Å². The van der Waals surface area contributed by atoms with Crippen LogP contribution in [-0.2, 0) is 23.1 Å². The van der Waals surface area contributed by atoms with Gasteiger partial charge in [-0.15, -0.1) is 0 Å². The molecule has 0 radical (unpaired) electrons. The maximum atomic E-state index is 12.1. The Kier molecular flexibility index (Phi) is 3.92. The number of carbonyl (C=O) groups is 3. The molecule has 1 aliphatic rings. The Hall–Kier alpha value is -2.96. The van der Waals surface area contributed by atoms with E-state index in [-0.39, 0.29) is 17.5 Å². The molecular formula is C17H17N3O4. The van der Waals surface area contributed by atoms with Gasteiger partial charge in [0.15, 0.2) is 0 Å². The van der Waals surface area contributed by atoms with Gasteiger partial charge in [-0.3, -0.25) is 14.3 Å². The molecule has 1 aliphatic heterocycles. The number of fused-ring (bicyclic) bond motifs is 1. The lowest BCUT2D eigenvalue weighted by Gasteiger charge is -2.12. The standard InChI is InChI=1S/C17H17N3O4/c1-10-12(11(2)19(3)18-10)8-9-15(21)24-20-16(22)13-6-4-5-7-14(13)17(20)23/h4-7H,8-9H2,1-3H3. The Morgan fingerprint density at radius 2 is 1.71 bits per heavy atom. The van der Waals surface area contributed by atoms with Crippen molar-refractivity contribution in [3.63, 3.8) is 0 Å². The lowest BCUT2D eigenvalue weighted by molar-refractivity contribution is -0.168. The molecular weight excluding hydrogens is 310 g/mol. The number of aryl methyl sites for hydroxylation is 2. The number of aromatic nitrogens is 2. The molecule has 124 valence electrons. The lowest BCUT2D eigenvalue weighted by atomic mass is 10.1. The van der Waals surface area contributed by atoms with Crippen LogP contribution in [0.5, 0.6) is 0 Å². The summed E-state index contributed by atoms with van der Waals surface area (Å²) in [4.78, 5) is 41.3. The molecule has 0 atom stereocenters. The molecule has 0 saturated carbocycles. The predicted molar refractivity (Wildman–Crippen MR) is 84.0 cm³/mol. The zero-order chi connectivity index (χ0) is 17.4. The summed E-state index contributed by atoms with van der Waals surface area (Å²) in [6.45, 7) is 3.79. The first-order valence-corrected chi connectivity index (χ1v) is 7.58. The van der Waals surface area contributed by atoms with Gasteiger partial charge in [-0.05, 0) is 38.0 Å². The molecule has 1 aromatic heterocycles. The smallest absolute Gasteiger partial charge is 0.330 e. The zero-order valence-corrected chi connectivity index (χ0v) is 13.7. The Morgan fingerprint density at radius 3 is 2.21 bits per heavy atom. The second-order valence-corrected chi connectivity index (χ2v) is 5.69. The largest absolute Gasteiger partial charge is 0.333 e. The summed E-state index contributed by atoms with van der Waals surface area (Å²) in [6, 6.07) is 6.38. The van der Waals surface area contributed by atoms with Crippen molar-refractivity contribution in [3.05, 3.63) is 52.3 Å². The molecule has 7 nitrogen and oxygen atoms in total. The van der Waals surface area contributed by atoms with Crippen LogP contribution < -0.4 is 0 Å². The number of amides is 2. The molecule has 0 bridgehead atoms. The highest BCUT2D eigenvalue weighted by molar-refractivity contribution is 6.20. The number of carbonyl (C=O) groups excluding carboxylic acids is 3. The molecule has 2 heterocycles. The number of hydrogen-bond donors (Lipinski definition) is 0. The van der Waals surface area contributed by atoms with Crippen molar-refractivity contribution >= 4 is 17.8 Å². The number of benzene rings is 1. The maximum absolute atomic E-state index is 12.1. The number of hydrogen-bond acceptors (Lipinski definition) is 5. The van der Waals surface area contributed by atoms with E-state index >= 15 is 0 Å². The molecule has 2 aromatic rings. The SMILES string of the molecule is Cc1nn(C)c(C)c1CCC(=O)ON1C(=O)c2ccccc2C1=O. The second kappa shape index (κ2) is 5.92. The van der Waals surface area contributed by atoms with E-state index in [4.69, 9.17) is 4.84 Å². The lowest BCUT2D eigenvalue weighted by Crippen LogP contribution is -2.32. The molecule has 7 heteroatoms. The molecule has 1 aromatic carbocycles. The van der Waals surface area contributed by atoms with Crippen LogP contribution in [-0.4, -0.2) is 32.6 Å². The molecule has 0 spiro atoms. The van der Waals surface area contributed by atoms with Gasteiger partial charge in [0.05, 0.1) is 23.2 Å². The Labute approximate surface area is 138 Å². The van der Waals surface area contributed by atoms with Crippen LogP contribution in [0.25, 0.3) is 0 Å². The minimum absolute atomic E-state index is 0.0563. The van der Waals surface area contributed by atoms with E-state index in [9.17, 15) is 14.4 Å². The van der Waals surface area contributed by atoms with E-state index in [0.29, 0.717) is 11.5 Å². The molecule has 0 N–H and O–H groups in total. The van der Waals surface area contributed by atoms with Crippen molar-refractivity contribution in [2.75, 3.05) is 0 Å². The van der Waals surface area contributed by atoms with Crippen LogP contribution in [0, 0.1) is 13.8 Å². The summed E-state index contributed by atoms with van der Waals surface area (Å²) >= 11 is 0. The third-order valence-electron chi connectivity index (χ3n) is 4.19. The third kappa shape index (κ3) is 2.58. The van der Waals surface area contributed by atoms with Gasteiger partial charge in [0.25, 0.3) is 11.8 Å². The molecule has 24 heavy (non-hydrogen) atoms. The number of hydroxylamine groups is 2. The van der Waals surface area contributed by atoms with E-state index in [1.165, 1.54) is 12.1 Å². The van der Waals surface area contributed by atoms with Crippen LogP contribution in [0.1, 0.15) is 44.1 Å². The summed E-state index contributed by atoms with van der Waals surface area (Å²) < 4.78 is 1.75. The Bertz CT molecular complexity index is 819. The van der Waals surface area contributed by atoms with Crippen LogP contribution in [0.4, 0.5) is 0 Å². The van der Waals surface area contributed by atoms with Gasteiger partial charge in [0.2, 0.25) is 0 Å². The topological polar surface area (TPSA) is 81.5 Å². The summed E-state index contributed by atoms with van der Waals surface area (Å²) in [7, 11) is 1.84. The van der Waals surface area contributed by atoms with Gasteiger partial charge in [-0.1, -0.05) is 17.2 Å². The fourth-order valence-electron chi connectivity index (χ4n) is 2.80. The first-order chi connectivity index (χ1) is 11.4. The van der Waals surface area contributed by atoms with Gasteiger partial charge in [0, 0.05) is 12.7 Å². The molecule has 3 rings (SSSR count). The zero-order valence-electron chi connectivity index (χ0n) is 13.7. The average molecular weight is 327 g/mol. The van der Waals surface area contributed by atoms with E-state index in [1.54, 1.807) is 16.8 Å². The predicted octanol–water partition coefficient (Wildman–Crippen LogP) is 1.72. The highest BCUT2D eigenvalue weighted by Crippen LogP contribution is 2.23. The van der Waals surface area contributed by atoms with Gasteiger partial charge >= 0.3 is 5.97 Å². The van der Waals surface area contributed by atoms with Crippen LogP contribution in [0.3, 0.4) is 0 Å². The van der Waals surface area contributed by atoms with Gasteiger partial charge < -0.3 is 4.84 Å². The quantitative estimate of drug-likeness (QED) is 0.799. The van der Waals surface area contributed by atoms with Gasteiger partial charge in [-0.25, -0.2) is 4.79 Å². The average Bonchev–Trinajstić information content (AvgIpc) is 2.94. The minimum Gasteiger partial charge on any atom is -0.330 e. The van der Waals surface area contributed by atoms with E-state index in [0.717, 1.165) is 17.0 Å². The van der Waals surface area contributed by atoms with Gasteiger partial charge in [0.1, 0.15) is 0 Å². The maximum Gasteiger partial charge on any atom is 0.333 e. The Balaban J connectivity index is 1.66. The van der Waals surface area contributed by atoms with E-state index < -0.39 is 17.8 Å². The fraction of sp³-hybridized carbons (Fsp3) is 0.294. The normalized spacial score (nSPS) is 13.4. The third-order valence-corrected chi connectivity index (χ3v) is 4.19. The number of imide groups is 1. The summed E-state index contributed by atoms with van der Waals surface area (Å²) in [5.41, 5.74) is 3.28. The van der Waals surface area contributed by atoms with E-state index in [1.807, 2.05) is 20.9 Å². The van der Waals surface area contributed by atoms with Crippen LogP contribution in [0.15, 0.2) is 24.3 Å². The van der Waals surface area contributed by atoms with E-state index in [2.05, 4.69) is 5.10 Å². The fourth-order valence-corrected chi connectivity index (χ4v) is 2.80. The monoisotopic (exact) mass is 327 g/mol. The second-order valence-electron chi connectivity index (χ2n) is 5.69. The first-order valence-electron chi connectivity index (χ1n) is 7.58. The van der Waals surface area contributed by atoms with Crippen molar-refractivity contribution in [2.45, 2.75) is 26.7 Å². The summed E-state index contributed by atoms with van der Waals surface area (Å²) in [5.74, 6) is -1.86. The Morgan fingerprint density at radius 1 is 1.12 bits per heavy atom.